The van der Waals surface area contributed by atoms with Crippen LogP contribution in [0.15, 0.2) is 84.4 Å². The van der Waals surface area contributed by atoms with Gasteiger partial charge in [-0.1, -0.05) is 73.2 Å². The number of ketones is 1. The Kier molecular flexibility index (Phi) is 5.13. The van der Waals surface area contributed by atoms with Gasteiger partial charge in [-0.25, -0.2) is 0 Å². The van der Waals surface area contributed by atoms with E-state index in [2.05, 4.69) is 19.7 Å². The van der Waals surface area contributed by atoms with Crippen LogP contribution in [0.25, 0.3) is 0 Å². The first-order valence-electron chi connectivity index (χ1n) is 5.87. The van der Waals surface area contributed by atoms with E-state index in [9.17, 15) is 4.79 Å². The Morgan fingerprint density at radius 1 is 1.11 bits per heavy atom. The van der Waals surface area contributed by atoms with E-state index in [1.807, 2.05) is 25.2 Å². The van der Waals surface area contributed by atoms with Gasteiger partial charge in [0.25, 0.3) is 0 Å². The Labute approximate surface area is 110 Å². The Bertz CT molecular complexity index is 513. The average Bonchev–Trinajstić information content (AvgIpc) is 2.37. The highest BCUT2D eigenvalue weighted by atomic mass is 16.1. The van der Waals surface area contributed by atoms with Gasteiger partial charge in [-0.2, -0.15) is 0 Å². The van der Waals surface area contributed by atoms with E-state index in [4.69, 9.17) is 0 Å². The highest BCUT2D eigenvalue weighted by molar-refractivity contribution is 6.61. The molecule has 90 valence electrons. The summed E-state index contributed by atoms with van der Waals surface area (Å²) in [7, 11) is 0.695. The highest BCUT2D eigenvalue weighted by Crippen LogP contribution is 2.26. The van der Waals surface area contributed by atoms with E-state index in [0.29, 0.717) is 18.4 Å². The van der Waals surface area contributed by atoms with E-state index in [-0.39, 0.29) is 5.78 Å². The maximum absolute atomic E-state index is 12.4. The lowest BCUT2D eigenvalue weighted by Gasteiger charge is -2.19. The molecule has 0 bridgehead atoms. The molecule has 0 aromatic carbocycles. The molecule has 0 aromatic rings. The Morgan fingerprint density at radius 3 is 2.28 bits per heavy atom. The van der Waals surface area contributed by atoms with Gasteiger partial charge in [0.1, 0.15) is 0 Å². The second kappa shape index (κ2) is 6.60. The molecule has 1 aliphatic heterocycles. The first kappa shape index (κ1) is 14.0. The number of hydrogen-bond acceptors (Lipinski definition) is 1. The molecule has 2 heteroatoms. The quantitative estimate of drug-likeness (QED) is 0.541. The fourth-order valence-corrected chi connectivity index (χ4v) is 1.96. The van der Waals surface area contributed by atoms with Gasteiger partial charge in [-0.3, -0.25) is 4.79 Å². The predicted octanol–water partition coefficient (Wildman–Crippen LogP) is 3.20. The molecule has 0 spiro atoms. The summed E-state index contributed by atoms with van der Waals surface area (Å²) >= 11 is 0. The zero-order valence-electron chi connectivity index (χ0n) is 10.8. The van der Waals surface area contributed by atoms with Crippen molar-refractivity contribution in [3.05, 3.63) is 84.4 Å². The van der Waals surface area contributed by atoms with E-state index in [1.54, 1.807) is 24.3 Å². The molecule has 1 aliphatic rings. The van der Waals surface area contributed by atoms with E-state index in [1.165, 1.54) is 0 Å². The summed E-state index contributed by atoms with van der Waals surface area (Å²) in [6.07, 6.45) is 12.4. The SMILES string of the molecule is C=C/C=C1/BC(C=C)=C(/C=C\C)C(=O)/C1=C/C=C. The molecule has 0 aliphatic carbocycles. The number of hydrogen-bond donors (Lipinski definition) is 0. The van der Waals surface area contributed by atoms with Crippen LogP contribution in [0.1, 0.15) is 6.92 Å². The molecular formula is C16H17BO. The lowest BCUT2D eigenvalue weighted by Crippen LogP contribution is -2.21. The van der Waals surface area contributed by atoms with Gasteiger partial charge in [-0.05, 0) is 6.92 Å². The number of allylic oxidation sites excluding steroid dienone is 11. The average molecular weight is 236 g/mol. The molecule has 0 unspecified atom stereocenters. The van der Waals surface area contributed by atoms with Crippen LogP contribution in [0.5, 0.6) is 0 Å². The van der Waals surface area contributed by atoms with Crippen molar-refractivity contribution in [3.63, 3.8) is 0 Å². The third-order valence-corrected chi connectivity index (χ3v) is 2.75. The summed E-state index contributed by atoms with van der Waals surface area (Å²) < 4.78 is 0. The fourth-order valence-electron chi connectivity index (χ4n) is 1.96. The third kappa shape index (κ3) is 2.78. The molecule has 0 radical (unpaired) electrons. The molecule has 18 heavy (non-hydrogen) atoms. The maximum Gasteiger partial charge on any atom is 0.194 e. The maximum atomic E-state index is 12.4. The van der Waals surface area contributed by atoms with Crippen molar-refractivity contribution in [2.75, 3.05) is 0 Å². The lowest BCUT2D eigenvalue weighted by molar-refractivity contribution is -0.111. The van der Waals surface area contributed by atoms with Crippen molar-refractivity contribution in [1.29, 1.82) is 0 Å². The minimum atomic E-state index is 0.0160. The first-order valence-corrected chi connectivity index (χ1v) is 5.87. The zero-order valence-corrected chi connectivity index (χ0v) is 10.8. The van der Waals surface area contributed by atoms with Gasteiger partial charge in [0.15, 0.2) is 13.1 Å². The smallest absolute Gasteiger partial charge is 0.194 e. The van der Waals surface area contributed by atoms with Crippen LogP contribution in [0.4, 0.5) is 0 Å². The highest BCUT2D eigenvalue weighted by Gasteiger charge is 2.25. The van der Waals surface area contributed by atoms with E-state index >= 15 is 0 Å². The van der Waals surface area contributed by atoms with Crippen LogP contribution in [0.3, 0.4) is 0 Å². The summed E-state index contributed by atoms with van der Waals surface area (Å²) in [5, 5.41) is 0. The van der Waals surface area contributed by atoms with Crippen molar-refractivity contribution in [2.45, 2.75) is 6.92 Å². The molecule has 0 fully saturated rings. The van der Waals surface area contributed by atoms with Crippen LogP contribution in [-0.4, -0.2) is 13.1 Å². The molecule has 0 aromatic heterocycles. The lowest BCUT2D eigenvalue weighted by atomic mass is 9.54. The van der Waals surface area contributed by atoms with Gasteiger partial charge in [0, 0.05) is 11.1 Å². The minimum absolute atomic E-state index is 0.0160. The van der Waals surface area contributed by atoms with Crippen LogP contribution in [0, 0.1) is 0 Å². The summed E-state index contributed by atoms with van der Waals surface area (Å²) in [6, 6.07) is 0. The minimum Gasteiger partial charge on any atom is -0.289 e. The van der Waals surface area contributed by atoms with Crippen molar-refractivity contribution >= 4 is 13.1 Å². The van der Waals surface area contributed by atoms with E-state index in [0.717, 1.165) is 10.9 Å². The normalized spacial score (nSPS) is 20.4. The predicted molar refractivity (Wildman–Crippen MR) is 80.8 cm³/mol. The molecule has 1 heterocycles. The van der Waals surface area contributed by atoms with Crippen LogP contribution in [-0.2, 0) is 4.79 Å². The van der Waals surface area contributed by atoms with E-state index < -0.39 is 0 Å². The third-order valence-electron chi connectivity index (χ3n) is 2.75. The van der Waals surface area contributed by atoms with Gasteiger partial charge >= 0.3 is 0 Å². The molecule has 1 rings (SSSR count). The number of carbonyl (C=O) groups excluding carboxylic acids is 1. The summed E-state index contributed by atoms with van der Waals surface area (Å²) in [5.41, 5.74) is 3.30. The van der Waals surface area contributed by atoms with Gasteiger partial charge < -0.3 is 0 Å². The van der Waals surface area contributed by atoms with Crippen molar-refractivity contribution in [3.8, 4) is 0 Å². The topological polar surface area (TPSA) is 17.1 Å². The Balaban J connectivity index is 3.45. The summed E-state index contributed by atoms with van der Waals surface area (Å²) in [5.74, 6) is 0.0160. The number of Topliss-reactive ketones (excluding diaryl/α,β-unsaturated/α-hetero) is 1. The summed E-state index contributed by atoms with van der Waals surface area (Å²) in [6.45, 7) is 13.0. The Morgan fingerprint density at radius 2 is 1.78 bits per heavy atom. The molecule has 0 amide bonds. The fraction of sp³-hybridized carbons (Fsp3) is 0.0625. The van der Waals surface area contributed by atoms with Crippen LogP contribution in [0.2, 0.25) is 0 Å². The van der Waals surface area contributed by atoms with Gasteiger partial charge in [0.2, 0.25) is 0 Å². The van der Waals surface area contributed by atoms with Crippen molar-refractivity contribution in [2.24, 2.45) is 0 Å². The molecule has 0 N–H and O–H groups in total. The van der Waals surface area contributed by atoms with Crippen LogP contribution >= 0.6 is 0 Å². The largest absolute Gasteiger partial charge is 0.289 e. The molecule has 0 atom stereocenters. The first-order chi connectivity index (χ1) is 8.69. The second-order valence-corrected chi connectivity index (χ2v) is 3.89. The molecule has 1 nitrogen and oxygen atoms in total. The van der Waals surface area contributed by atoms with Crippen LogP contribution < -0.4 is 0 Å². The number of carbonyl (C=O) groups is 1. The van der Waals surface area contributed by atoms with Crippen molar-refractivity contribution in [1.82, 2.24) is 0 Å². The number of rotatable bonds is 4. The molecule has 0 saturated carbocycles. The monoisotopic (exact) mass is 236 g/mol. The Hall–Kier alpha value is -2.09. The zero-order chi connectivity index (χ0) is 13.5. The standard InChI is InChI=1S/C16H17BO/c1-5-9-12-14(8-4)17-15(11-7-3)13(10-6-2)16(12)18/h5-11,17H,2-4H2,1H3/b9-5-,13-10+,15-11+. The molecular weight excluding hydrogens is 219 g/mol. The van der Waals surface area contributed by atoms with Gasteiger partial charge in [0.05, 0.1) is 0 Å². The second-order valence-electron chi connectivity index (χ2n) is 3.89. The molecule has 0 saturated heterocycles. The van der Waals surface area contributed by atoms with Gasteiger partial charge in [-0.15, -0.1) is 0 Å². The van der Waals surface area contributed by atoms with Crippen molar-refractivity contribution < 1.29 is 4.79 Å². The summed E-state index contributed by atoms with van der Waals surface area (Å²) in [4.78, 5) is 12.4.